The van der Waals surface area contributed by atoms with Gasteiger partial charge >= 0.3 is 0 Å². The predicted molar refractivity (Wildman–Crippen MR) is 113 cm³/mol. The number of nitrogens with zero attached hydrogens (tertiary/aromatic N) is 4. The van der Waals surface area contributed by atoms with Crippen LogP contribution in [0.4, 0.5) is 5.69 Å². The maximum Gasteiger partial charge on any atom is 0.253 e. The van der Waals surface area contributed by atoms with Gasteiger partial charge in [-0.15, -0.1) is 10.2 Å². The summed E-state index contributed by atoms with van der Waals surface area (Å²) in [6, 6.07) is 16.2. The minimum Gasteiger partial charge on any atom is -0.467 e. The number of carbonyl (C=O) groups is 2. The number of amides is 2. The number of fused-ring (bicyclic) bond motifs is 1. The molecule has 0 unspecified atom stereocenters. The first kappa shape index (κ1) is 19.7. The molecular weight excluding hydrogens is 402 g/mol. The molecule has 4 aromatic rings. The second-order valence-corrected chi connectivity index (χ2v) is 7.37. The highest BCUT2D eigenvalue weighted by atomic mass is 32.2. The molecule has 0 spiro atoms. The maximum absolute atomic E-state index is 12.8. The van der Waals surface area contributed by atoms with E-state index in [0.717, 1.165) is 5.65 Å². The van der Waals surface area contributed by atoms with Gasteiger partial charge in [-0.3, -0.25) is 14.0 Å². The average molecular weight is 421 g/mol. The lowest BCUT2D eigenvalue weighted by molar-refractivity contribution is -0.115. The van der Waals surface area contributed by atoms with Gasteiger partial charge in [-0.25, -0.2) is 0 Å². The van der Waals surface area contributed by atoms with Crippen molar-refractivity contribution in [1.82, 2.24) is 19.9 Å². The summed E-state index contributed by atoms with van der Waals surface area (Å²) in [7, 11) is 1.66. The first-order valence-corrected chi connectivity index (χ1v) is 10.2. The molecule has 0 aliphatic carbocycles. The number of rotatable bonds is 7. The summed E-state index contributed by atoms with van der Waals surface area (Å²) in [5, 5.41) is 11.7. The zero-order valence-corrected chi connectivity index (χ0v) is 17.0. The molecule has 0 aliphatic heterocycles. The van der Waals surface area contributed by atoms with E-state index in [4.69, 9.17) is 4.42 Å². The number of carbonyl (C=O) groups excluding carboxylic acids is 2. The van der Waals surface area contributed by atoms with E-state index >= 15 is 0 Å². The number of aromatic nitrogens is 3. The highest BCUT2D eigenvalue weighted by Crippen LogP contribution is 2.22. The van der Waals surface area contributed by atoms with E-state index in [2.05, 4.69) is 15.5 Å². The molecule has 2 amide bonds. The second-order valence-electron chi connectivity index (χ2n) is 6.43. The summed E-state index contributed by atoms with van der Waals surface area (Å²) in [5.41, 5.74) is 1.67. The van der Waals surface area contributed by atoms with Crippen molar-refractivity contribution in [1.29, 1.82) is 0 Å². The van der Waals surface area contributed by atoms with Crippen molar-refractivity contribution in [2.75, 3.05) is 17.7 Å². The maximum atomic E-state index is 12.8. The number of hydrogen-bond acceptors (Lipinski definition) is 6. The lowest BCUT2D eigenvalue weighted by atomic mass is 10.1. The first-order chi connectivity index (χ1) is 14.6. The Morgan fingerprint density at radius 3 is 2.77 bits per heavy atom. The van der Waals surface area contributed by atoms with Crippen LogP contribution in [0, 0.1) is 0 Å². The number of thioether (sulfide) groups is 1. The number of benzene rings is 1. The minimum atomic E-state index is -0.280. The normalized spacial score (nSPS) is 10.8. The summed E-state index contributed by atoms with van der Waals surface area (Å²) in [6.07, 6.45) is 3.41. The van der Waals surface area contributed by atoms with Crippen LogP contribution in [0.3, 0.4) is 0 Å². The molecular formula is C21H19N5O3S. The van der Waals surface area contributed by atoms with Gasteiger partial charge in [0.2, 0.25) is 5.91 Å². The van der Waals surface area contributed by atoms with E-state index in [9.17, 15) is 9.59 Å². The van der Waals surface area contributed by atoms with Crippen molar-refractivity contribution in [3.8, 4) is 0 Å². The Labute approximate surface area is 176 Å². The number of furan rings is 1. The highest BCUT2D eigenvalue weighted by Gasteiger charge is 2.19. The van der Waals surface area contributed by atoms with Crippen molar-refractivity contribution in [3.63, 3.8) is 0 Å². The Hall–Kier alpha value is -3.59. The molecule has 0 aliphatic rings. The Morgan fingerprint density at radius 1 is 1.10 bits per heavy atom. The Bertz CT molecular complexity index is 1170. The number of anilines is 1. The van der Waals surface area contributed by atoms with Gasteiger partial charge < -0.3 is 14.6 Å². The molecule has 3 heterocycles. The van der Waals surface area contributed by atoms with Crippen molar-refractivity contribution in [2.24, 2.45) is 0 Å². The molecule has 1 N–H and O–H groups in total. The van der Waals surface area contributed by atoms with Gasteiger partial charge in [0.25, 0.3) is 5.91 Å². The van der Waals surface area contributed by atoms with Crippen LogP contribution in [0.1, 0.15) is 16.1 Å². The molecule has 0 bridgehead atoms. The number of hydrogen-bond donors (Lipinski definition) is 1. The fraction of sp³-hybridized carbons (Fsp3) is 0.143. The molecule has 0 saturated heterocycles. The van der Waals surface area contributed by atoms with Gasteiger partial charge in [-0.05, 0) is 36.4 Å². The van der Waals surface area contributed by atoms with E-state index in [1.807, 2.05) is 28.8 Å². The van der Waals surface area contributed by atoms with E-state index < -0.39 is 0 Å². The molecule has 0 fully saturated rings. The third-order valence-corrected chi connectivity index (χ3v) is 5.42. The third kappa shape index (κ3) is 4.20. The average Bonchev–Trinajstić information content (AvgIpc) is 3.45. The van der Waals surface area contributed by atoms with Crippen molar-refractivity contribution >= 4 is 34.9 Å². The van der Waals surface area contributed by atoms with Crippen LogP contribution in [0.5, 0.6) is 0 Å². The summed E-state index contributed by atoms with van der Waals surface area (Å²) in [6.45, 7) is 0.271. The third-order valence-electron chi connectivity index (χ3n) is 4.49. The van der Waals surface area contributed by atoms with Gasteiger partial charge in [-0.1, -0.05) is 30.0 Å². The lowest BCUT2D eigenvalue weighted by Crippen LogP contribution is -2.31. The lowest BCUT2D eigenvalue weighted by Gasteiger charge is -2.20. The topological polar surface area (TPSA) is 92.7 Å². The zero-order chi connectivity index (χ0) is 20.9. The van der Waals surface area contributed by atoms with Crippen molar-refractivity contribution in [2.45, 2.75) is 11.7 Å². The number of nitrogens with one attached hydrogen (secondary N) is 1. The second kappa shape index (κ2) is 8.83. The van der Waals surface area contributed by atoms with E-state index in [1.54, 1.807) is 49.7 Å². The van der Waals surface area contributed by atoms with Crippen molar-refractivity contribution < 1.29 is 14.0 Å². The van der Waals surface area contributed by atoms with Crippen molar-refractivity contribution in [3.05, 3.63) is 78.4 Å². The molecule has 1 aromatic carbocycles. The zero-order valence-electron chi connectivity index (χ0n) is 16.2. The number of pyridine rings is 1. The summed E-state index contributed by atoms with van der Waals surface area (Å²) >= 11 is 1.30. The van der Waals surface area contributed by atoms with Crippen LogP contribution in [0.15, 0.2) is 76.6 Å². The molecule has 0 atom stereocenters. The number of para-hydroxylation sites is 1. The largest absolute Gasteiger partial charge is 0.467 e. The Morgan fingerprint density at radius 2 is 1.93 bits per heavy atom. The van der Waals surface area contributed by atoms with Crippen LogP contribution >= 0.6 is 11.8 Å². The van der Waals surface area contributed by atoms with Gasteiger partial charge in [0.05, 0.1) is 29.8 Å². The fourth-order valence-corrected chi connectivity index (χ4v) is 3.75. The molecule has 8 nitrogen and oxygen atoms in total. The van der Waals surface area contributed by atoms with Crippen LogP contribution in [0.2, 0.25) is 0 Å². The SMILES string of the molecule is CN(C(=O)CSc1nnc2ccccn12)c1ccccc1C(=O)NCc1ccco1. The first-order valence-electron chi connectivity index (χ1n) is 9.22. The van der Waals surface area contributed by atoms with Crippen LogP contribution in [-0.4, -0.2) is 39.2 Å². The van der Waals surface area contributed by atoms with E-state index in [1.165, 1.54) is 16.7 Å². The molecule has 4 rings (SSSR count). The van der Waals surface area contributed by atoms with Crippen LogP contribution in [0.25, 0.3) is 5.65 Å². The Balaban J connectivity index is 1.44. The minimum absolute atomic E-state index is 0.154. The predicted octanol–water partition coefficient (Wildman–Crippen LogP) is 3.01. The van der Waals surface area contributed by atoms with Gasteiger partial charge in [0.1, 0.15) is 5.76 Å². The standard InChI is InChI=1S/C21H19N5O3S/c1-25(19(27)14-30-21-24-23-18-10-4-5-11-26(18)21)17-9-3-2-8-16(17)20(28)22-13-15-7-6-12-29-15/h2-12H,13-14H2,1H3,(H,22,28). The highest BCUT2D eigenvalue weighted by molar-refractivity contribution is 7.99. The van der Waals surface area contributed by atoms with Crippen LogP contribution < -0.4 is 10.2 Å². The fourth-order valence-electron chi connectivity index (χ4n) is 2.91. The van der Waals surface area contributed by atoms with Crippen LogP contribution in [-0.2, 0) is 11.3 Å². The molecule has 0 saturated carbocycles. The quantitative estimate of drug-likeness (QED) is 0.461. The molecule has 152 valence electrons. The molecule has 9 heteroatoms. The molecule has 0 radical (unpaired) electrons. The summed E-state index contributed by atoms with van der Waals surface area (Å²) in [5.74, 6) is 0.382. The summed E-state index contributed by atoms with van der Waals surface area (Å²) in [4.78, 5) is 26.9. The Kier molecular flexibility index (Phi) is 5.80. The molecule has 30 heavy (non-hydrogen) atoms. The molecule has 3 aromatic heterocycles. The van der Waals surface area contributed by atoms with E-state index in [-0.39, 0.29) is 24.1 Å². The van der Waals surface area contributed by atoms with Gasteiger partial charge in [0, 0.05) is 13.2 Å². The van der Waals surface area contributed by atoms with E-state index in [0.29, 0.717) is 22.2 Å². The van der Waals surface area contributed by atoms with Gasteiger partial charge in [-0.2, -0.15) is 0 Å². The van der Waals surface area contributed by atoms with Gasteiger partial charge in [0.15, 0.2) is 10.8 Å². The summed E-state index contributed by atoms with van der Waals surface area (Å²) < 4.78 is 7.07. The smallest absolute Gasteiger partial charge is 0.253 e. The monoisotopic (exact) mass is 421 g/mol.